The summed E-state index contributed by atoms with van der Waals surface area (Å²) < 4.78 is 0. The Kier molecular flexibility index (Phi) is 6.36. The molecule has 30 heavy (non-hydrogen) atoms. The number of nitrogens with zero attached hydrogens (tertiary/aromatic N) is 2. The molecule has 0 bridgehead atoms. The molecule has 1 unspecified atom stereocenters. The van der Waals surface area contributed by atoms with Crippen molar-refractivity contribution in [1.82, 2.24) is 0 Å². The number of amides is 1. The van der Waals surface area contributed by atoms with Crippen molar-refractivity contribution in [2.24, 2.45) is 0 Å². The van der Waals surface area contributed by atoms with E-state index in [-0.39, 0.29) is 11.3 Å². The third-order valence-electron chi connectivity index (χ3n) is 4.58. The zero-order chi connectivity index (χ0) is 21.8. The van der Waals surface area contributed by atoms with Gasteiger partial charge in [0, 0.05) is 33.4 Å². The van der Waals surface area contributed by atoms with Gasteiger partial charge in [0.05, 0.1) is 16.9 Å². The maximum absolute atomic E-state index is 12.5. The monoisotopic (exact) mass is 439 g/mol. The Bertz CT molecular complexity index is 1150. The highest BCUT2D eigenvalue weighted by Crippen LogP contribution is 2.34. The fraction of sp³-hybridized carbons (Fsp3) is 0.0909. The number of rotatable bonds is 5. The smallest absolute Gasteiger partial charge is 0.269 e. The van der Waals surface area contributed by atoms with E-state index in [2.05, 4.69) is 11.4 Å². The predicted molar refractivity (Wildman–Crippen MR) is 116 cm³/mol. The number of halogens is 2. The normalized spacial score (nSPS) is 11.4. The standard InChI is InChI=1S/C22H15Cl2N3O3/c1-13-10-18(19(12-25)14-2-6-16(23)7-3-14)20(24)11-21(13)26-22(28)15-4-8-17(9-5-15)27(29)30/h2-11,19H,1H3,(H,26,28). The number of benzene rings is 3. The third kappa shape index (κ3) is 4.60. The Balaban J connectivity index is 1.87. The first-order chi connectivity index (χ1) is 14.3. The Labute approximate surface area is 182 Å². The molecular formula is C22H15Cl2N3O3. The third-order valence-corrected chi connectivity index (χ3v) is 5.15. The Hall–Kier alpha value is -3.40. The summed E-state index contributed by atoms with van der Waals surface area (Å²) in [6.45, 7) is 1.79. The minimum absolute atomic E-state index is 0.0973. The molecular weight excluding hydrogens is 425 g/mol. The molecule has 0 saturated carbocycles. The molecule has 0 fully saturated rings. The molecule has 0 heterocycles. The van der Waals surface area contributed by atoms with Gasteiger partial charge in [0.25, 0.3) is 11.6 Å². The number of carbonyl (C=O) groups is 1. The molecule has 0 radical (unpaired) electrons. The van der Waals surface area contributed by atoms with Gasteiger partial charge in [0.1, 0.15) is 0 Å². The molecule has 3 aromatic rings. The first-order valence-corrected chi connectivity index (χ1v) is 9.56. The van der Waals surface area contributed by atoms with Crippen molar-refractivity contribution in [1.29, 1.82) is 5.26 Å². The van der Waals surface area contributed by atoms with Crippen LogP contribution in [0.4, 0.5) is 11.4 Å². The van der Waals surface area contributed by atoms with Gasteiger partial charge in [-0.25, -0.2) is 0 Å². The lowest BCUT2D eigenvalue weighted by atomic mass is 9.91. The van der Waals surface area contributed by atoms with Crippen molar-refractivity contribution in [3.63, 3.8) is 0 Å². The van der Waals surface area contributed by atoms with Gasteiger partial charge in [-0.05, 0) is 53.9 Å². The molecule has 0 aromatic heterocycles. The number of hydrogen-bond acceptors (Lipinski definition) is 4. The molecule has 3 rings (SSSR count). The van der Waals surface area contributed by atoms with Gasteiger partial charge >= 0.3 is 0 Å². The molecule has 1 N–H and O–H groups in total. The highest BCUT2D eigenvalue weighted by Gasteiger charge is 2.19. The Morgan fingerprint density at radius 1 is 1.10 bits per heavy atom. The lowest BCUT2D eigenvalue weighted by Crippen LogP contribution is -2.13. The van der Waals surface area contributed by atoms with E-state index in [4.69, 9.17) is 23.2 Å². The molecule has 150 valence electrons. The topological polar surface area (TPSA) is 96.0 Å². The highest BCUT2D eigenvalue weighted by atomic mass is 35.5. The average molecular weight is 440 g/mol. The second-order valence-corrected chi connectivity index (χ2v) is 7.40. The average Bonchev–Trinajstić information content (AvgIpc) is 2.73. The van der Waals surface area contributed by atoms with E-state index in [1.807, 2.05) is 0 Å². The molecule has 0 aliphatic rings. The minimum Gasteiger partial charge on any atom is -0.322 e. The largest absolute Gasteiger partial charge is 0.322 e. The van der Waals surface area contributed by atoms with Crippen molar-refractivity contribution in [2.75, 3.05) is 5.32 Å². The number of nitro groups is 1. The number of non-ortho nitro benzene ring substituents is 1. The second kappa shape index (κ2) is 8.95. The summed E-state index contributed by atoms with van der Waals surface area (Å²) in [5, 5.41) is 24.1. The number of nitriles is 1. The Morgan fingerprint density at radius 2 is 1.73 bits per heavy atom. The van der Waals surface area contributed by atoms with Crippen LogP contribution in [0.5, 0.6) is 0 Å². The van der Waals surface area contributed by atoms with E-state index < -0.39 is 16.7 Å². The van der Waals surface area contributed by atoms with Crippen LogP contribution in [-0.2, 0) is 0 Å². The summed E-state index contributed by atoms with van der Waals surface area (Å²) in [6, 6.07) is 17.9. The molecule has 3 aromatic carbocycles. The number of aryl methyl sites for hydroxylation is 1. The van der Waals surface area contributed by atoms with Crippen LogP contribution < -0.4 is 5.32 Å². The van der Waals surface area contributed by atoms with Crippen LogP contribution in [0.15, 0.2) is 60.7 Å². The lowest BCUT2D eigenvalue weighted by Gasteiger charge is -2.16. The fourth-order valence-electron chi connectivity index (χ4n) is 2.97. The van der Waals surface area contributed by atoms with Crippen LogP contribution in [-0.4, -0.2) is 10.8 Å². The minimum atomic E-state index is -0.590. The number of anilines is 1. The number of hydrogen-bond donors (Lipinski definition) is 1. The van der Waals surface area contributed by atoms with Gasteiger partial charge in [-0.2, -0.15) is 5.26 Å². The van der Waals surface area contributed by atoms with E-state index in [1.54, 1.807) is 43.3 Å². The molecule has 0 aliphatic carbocycles. The highest BCUT2D eigenvalue weighted by molar-refractivity contribution is 6.32. The summed E-state index contributed by atoms with van der Waals surface area (Å²) in [5.74, 6) is -1.01. The van der Waals surface area contributed by atoms with Crippen LogP contribution in [0.3, 0.4) is 0 Å². The van der Waals surface area contributed by atoms with E-state index in [0.717, 1.165) is 11.1 Å². The van der Waals surface area contributed by atoms with Crippen LogP contribution >= 0.6 is 23.2 Å². The van der Waals surface area contributed by atoms with Gasteiger partial charge in [-0.3, -0.25) is 14.9 Å². The van der Waals surface area contributed by atoms with E-state index in [9.17, 15) is 20.2 Å². The van der Waals surface area contributed by atoms with Crippen molar-refractivity contribution in [2.45, 2.75) is 12.8 Å². The fourth-order valence-corrected chi connectivity index (χ4v) is 3.37. The van der Waals surface area contributed by atoms with Gasteiger partial charge in [0.2, 0.25) is 0 Å². The summed E-state index contributed by atoms with van der Waals surface area (Å²) in [6.07, 6.45) is 0. The molecule has 0 spiro atoms. The van der Waals surface area contributed by atoms with Gasteiger partial charge < -0.3 is 5.32 Å². The van der Waals surface area contributed by atoms with Gasteiger partial charge in [-0.1, -0.05) is 41.4 Å². The molecule has 1 amide bonds. The quantitative estimate of drug-likeness (QED) is 0.382. The molecule has 6 nitrogen and oxygen atoms in total. The SMILES string of the molecule is Cc1cc(C(C#N)c2ccc(Cl)cc2)c(Cl)cc1NC(=O)c1ccc([N+](=O)[O-])cc1. The maximum Gasteiger partial charge on any atom is 0.269 e. The summed E-state index contributed by atoms with van der Waals surface area (Å²) in [5.41, 5.74) is 2.76. The van der Waals surface area contributed by atoms with Gasteiger partial charge in [-0.15, -0.1) is 0 Å². The van der Waals surface area contributed by atoms with E-state index in [0.29, 0.717) is 21.3 Å². The van der Waals surface area contributed by atoms with Crippen molar-refractivity contribution in [3.05, 3.63) is 103 Å². The second-order valence-electron chi connectivity index (χ2n) is 6.56. The maximum atomic E-state index is 12.5. The van der Waals surface area contributed by atoms with Crippen molar-refractivity contribution in [3.8, 4) is 6.07 Å². The first kappa shape index (κ1) is 21.3. The van der Waals surface area contributed by atoms with Crippen molar-refractivity contribution >= 4 is 40.5 Å². The van der Waals surface area contributed by atoms with Gasteiger partial charge in [0.15, 0.2) is 0 Å². The zero-order valence-electron chi connectivity index (χ0n) is 15.7. The summed E-state index contributed by atoms with van der Waals surface area (Å²) >= 11 is 12.4. The van der Waals surface area contributed by atoms with Crippen molar-refractivity contribution < 1.29 is 9.72 Å². The number of nitro benzene ring substituents is 1. The summed E-state index contributed by atoms with van der Waals surface area (Å²) in [4.78, 5) is 22.7. The lowest BCUT2D eigenvalue weighted by molar-refractivity contribution is -0.384. The number of carbonyl (C=O) groups excluding carboxylic acids is 1. The van der Waals surface area contributed by atoms with Crippen LogP contribution in [0.1, 0.15) is 33.0 Å². The number of nitrogens with one attached hydrogen (secondary N) is 1. The van der Waals surface area contributed by atoms with E-state index in [1.165, 1.54) is 24.3 Å². The zero-order valence-corrected chi connectivity index (χ0v) is 17.2. The Morgan fingerprint density at radius 3 is 2.30 bits per heavy atom. The molecule has 0 aliphatic heterocycles. The predicted octanol–water partition coefficient (Wildman–Crippen LogP) is 6.12. The van der Waals surface area contributed by atoms with Crippen LogP contribution in [0.25, 0.3) is 0 Å². The van der Waals surface area contributed by atoms with Crippen LogP contribution in [0, 0.1) is 28.4 Å². The molecule has 1 atom stereocenters. The van der Waals surface area contributed by atoms with Crippen LogP contribution in [0.2, 0.25) is 10.0 Å². The summed E-state index contributed by atoms with van der Waals surface area (Å²) in [7, 11) is 0. The van der Waals surface area contributed by atoms with E-state index >= 15 is 0 Å². The molecule has 0 saturated heterocycles. The first-order valence-electron chi connectivity index (χ1n) is 8.81. The molecule has 8 heteroatoms.